The lowest BCUT2D eigenvalue weighted by molar-refractivity contribution is 0.107. The lowest BCUT2D eigenvalue weighted by Crippen LogP contribution is -2.51. The first-order valence-corrected chi connectivity index (χ1v) is 14.9. The molecule has 0 amide bonds. The van der Waals surface area contributed by atoms with E-state index in [9.17, 15) is 8.42 Å². The number of halogens is 1. The van der Waals surface area contributed by atoms with E-state index in [4.69, 9.17) is 11.6 Å². The van der Waals surface area contributed by atoms with Crippen molar-refractivity contribution in [3.05, 3.63) is 95.0 Å². The Kier molecular flexibility index (Phi) is 7.71. The molecule has 0 N–H and O–H groups in total. The molecule has 0 radical (unpaired) electrons. The number of piperidine rings is 1. The van der Waals surface area contributed by atoms with Crippen LogP contribution in [0.3, 0.4) is 0 Å². The zero-order valence-electron chi connectivity index (χ0n) is 20.9. The molecule has 2 fully saturated rings. The zero-order valence-corrected chi connectivity index (χ0v) is 22.5. The predicted octanol–water partition coefficient (Wildman–Crippen LogP) is 7.03. The van der Waals surface area contributed by atoms with Gasteiger partial charge in [-0.2, -0.15) is 0 Å². The van der Waals surface area contributed by atoms with Gasteiger partial charge < -0.3 is 0 Å². The SMILES string of the molecule is Cc1ccc(S(=O)(=O)N(c2ccc(Cl)cc2)C2CCN([C@@H]3CCCC[C@@H]3c3ccccc3)CC2)cc1. The van der Waals surface area contributed by atoms with Gasteiger partial charge in [-0.1, -0.05) is 72.5 Å². The molecule has 36 heavy (non-hydrogen) atoms. The minimum Gasteiger partial charge on any atom is -0.300 e. The number of rotatable bonds is 6. The lowest BCUT2D eigenvalue weighted by atomic mass is 9.78. The number of nitrogens with zero attached hydrogens (tertiary/aromatic N) is 2. The number of hydrogen-bond donors (Lipinski definition) is 0. The number of sulfonamides is 1. The van der Waals surface area contributed by atoms with Gasteiger partial charge in [0.25, 0.3) is 10.0 Å². The maximum atomic E-state index is 13.9. The molecule has 0 spiro atoms. The van der Waals surface area contributed by atoms with E-state index in [0.717, 1.165) is 31.5 Å². The van der Waals surface area contributed by atoms with Gasteiger partial charge in [0, 0.05) is 30.2 Å². The first-order valence-electron chi connectivity index (χ1n) is 13.1. The summed E-state index contributed by atoms with van der Waals surface area (Å²) in [5.74, 6) is 0.556. The maximum Gasteiger partial charge on any atom is 0.264 e. The Labute approximate surface area is 220 Å². The molecule has 5 rings (SSSR count). The Morgan fingerprint density at radius 2 is 1.44 bits per heavy atom. The van der Waals surface area contributed by atoms with Crippen molar-refractivity contribution in [1.82, 2.24) is 4.90 Å². The fraction of sp³-hybridized carbons (Fsp3) is 0.400. The quantitative estimate of drug-likeness (QED) is 0.349. The van der Waals surface area contributed by atoms with Gasteiger partial charge in [0.15, 0.2) is 0 Å². The van der Waals surface area contributed by atoms with Crippen molar-refractivity contribution in [3.8, 4) is 0 Å². The van der Waals surface area contributed by atoms with E-state index in [2.05, 4.69) is 35.2 Å². The van der Waals surface area contributed by atoms with Gasteiger partial charge in [-0.15, -0.1) is 0 Å². The van der Waals surface area contributed by atoms with Crippen molar-refractivity contribution in [2.75, 3.05) is 17.4 Å². The van der Waals surface area contributed by atoms with Crippen LogP contribution in [0.4, 0.5) is 5.69 Å². The third-order valence-electron chi connectivity index (χ3n) is 7.92. The van der Waals surface area contributed by atoms with Gasteiger partial charge in [-0.05, 0) is 80.5 Å². The molecule has 3 aromatic carbocycles. The van der Waals surface area contributed by atoms with Crippen LogP contribution in [0, 0.1) is 6.92 Å². The molecule has 6 heteroatoms. The molecular formula is C30H35ClN2O2S. The molecule has 1 heterocycles. The van der Waals surface area contributed by atoms with E-state index in [1.54, 1.807) is 28.6 Å². The number of likely N-dealkylation sites (tertiary alicyclic amines) is 1. The molecule has 2 atom stereocenters. The summed E-state index contributed by atoms with van der Waals surface area (Å²) >= 11 is 6.15. The van der Waals surface area contributed by atoms with Crippen LogP contribution in [0.2, 0.25) is 5.02 Å². The Hall–Kier alpha value is -2.34. The summed E-state index contributed by atoms with van der Waals surface area (Å²) in [6.45, 7) is 3.79. The molecule has 1 aliphatic carbocycles. The van der Waals surface area contributed by atoms with Crippen LogP contribution in [-0.4, -0.2) is 38.5 Å². The second kappa shape index (κ2) is 11.0. The summed E-state index contributed by atoms with van der Waals surface area (Å²) in [5.41, 5.74) is 3.16. The number of anilines is 1. The average molecular weight is 523 g/mol. The first-order chi connectivity index (χ1) is 17.4. The summed E-state index contributed by atoms with van der Waals surface area (Å²) in [6, 6.07) is 25.7. The molecule has 1 aliphatic heterocycles. The van der Waals surface area contributed by atoms with Crippen LogP contribution in [0.25, 0.3) is 0 Å². The normalized spacial score (nSPS) is 21.8. The number of benzene rings is 3. The molecule has 190 valence electrons. The van der Waals surface area contributed by atoms with Gasteiger partial charge in [0.1, 0.15) is 0 Å². The Morgan fingerprint density at radius 1 is 0.806 bits per heavy atom. The monoisotopic (exact) mass is 522 g/mol. The average Bonchev–Trinajstić information content (AvgIpc) is 2.91. The second-order valence-corrected chi connectivity index (χ2v) is 12.5. The van der Waals surface area contributed by atoms with Crippen LogP contribution in [0.15, 0.2) is 83.8 Å². The third-order valence-corrected chi connectivity index (χ3v) is 10.1. The van der Waals surface area contributed by atoms with E-state index >= 15 is 0 Å². The highest BCUT2D eigenvalue weighted by Gasteiger charge is 2.38. The van der Waals surface area contributed by atoms with E-state index < -0.39 is 10.0 Å². The summed E-state index contributed by atoms with van der Waals surface area (Å²) < 4.78 is 29.5. The fourth-order valence-corrected chi connectivity index (χ4v) is 7.88. The van der Waals surface area contributed by atoms with Crippen molar-refractivity contribution in [2.24, 2.45) is 0 Å². The largest absolute Gasteiger partial charge is 0.300 e. The van der Waals surface area contributed by atoms with E-state index in [-0.39, 0.29) is 6.04 Å². The Balaban J connectivity index is 1.39. The lowest BCUT2D eigenvalue weighted by Gasteiger charge is -2.45. The highest BCUT2D eigenvalue weighted by molar-refractivity contribution is 7.92. The topological polar surface area (TPSA) is 40.6 Å². The number of hydrogen-bond acceptors (Lipinski definition) is 3. The van der Waals surface area contributed by atoms with Crippen LogP contribution in [0.1, 0.15) is 55.6 Å². The summed E-state index contributed by atoms with van der Waals surface area (Å²) in [7, 11) is -3.71. The minimum absolute atomic E-state index is 0.0903. The van der Waals surface area contributed by atoms with Gasteiger partial charge in [-0.3, -0.25) is 9.21 Å². The molecule has 0 bridgehead atoms. The standard InChI is InChI=1S/C30H35ClN2O2S/c1-23-11-17-28(18-12-23)36(34,35)33(26-15-13-25(31)14-16-26)27-19-21-32(22-20-27)30-10-6-5-9-29(30)24-7-3-2-4-8-24/h2-4,7-8,11-18,27,29-30H,5-6,9-10,19-22H2,1H3/t29-,30-/m1/s1. The smallest absolute Gasteiger partial charge is 0.264 e. The Bertz CT molecular complexity index is 1240. The van der Waals surface area contributed by atoms with Crippen LogP contribution >= 0.6 is 11.6 Å². The van der Waals surface area contributed by atoms with Crippen LogP contribution in [-0.2, 0) is 10.0 Å². The van der Waals surface area contributed by atoms with Crippen LogP contribution < -0.4 is 4.31 Å². The highest BCUT2D eigenvalue weighted by Crippen LogP contribution is 2.38. The minimum atomic E-state index is -3.71. The van der Waals surface area contributed by atoms with Crippen LogP contribution in [0.5, 0.6) is 0 Å². The van der Waals surface area contributed by atoms with E-state index in [1.807, 2.05) is 31.2 Å². The Morgan fingerprint density at radius 3 is 2.11 bits per heavy atom. The van der Waals surface area contributed by atoms with Gasteiger partial charge in [0.2, 0.25) is 0 Å². The first kappa shape index (κ1) is 25.3. The van der Waals surface area contributed by atoms with Gasteiger partial charge >= 0.3 is 0 Å². The predicted molar refractivity (Wildman–Crippen MR) is 148 cm³/mol. The fourth-order valence-electron chi connectivity index (χ4n) is 6.05. The van der Waals surface area contributed by atoms with Crippen molar-refractivity contribution in [2.45, 2.75) is 68.3 Å². The molecule has 3 aromatic rings. The van der Waals surface area contributed by atoms with Crippen molar-refractivity contribution < 1.29 is 8.42 Å². The maximum absolute atomic E-state index is 13.9. The summed E-state index contributed by atoms with van der Waals surface area (Å²) in [5, 5.41) is 0.602. The van der Waals surface area contributed by atoms with Crippen molar-refractivity contribution >= 4 is 27.3 Å². The molecule has 4 nitrogen and oxygen atoms in total. The van der Waals surface area contributed by atoms with Crippen molar-refractivity contribution in [3.63, 3.8) is 0 Å². The second-order valence-electron chi connectivity index (χ2n) is 10.2. The third kappa shape index (κ3) is 5.34. The van der Waals surface area contributed by atoms with Crippen molar-refractivity contribution in [1.29, 1.82) is 0 Å². The van der Waals surface area contributed by atoms with Gasteiger partial charge in [-0.25, -0.2) is 8.42 Å². The highest BCUT2D eigenvalue weighted by atomic mass is 35.5. The molecule has 0 aromatic heterocycles. The molecule has 2 aliphatic rings. The summed E-state index contributed by atoms with van der Waals surface area (Å²) in [6.07, 6.45) is 6.62. The van der Waals surface area contributed by atoms with E-state index in [1.165, 1.54) is 31.2 Å². The molecular weight excluding hydrogens is 488 g/mol. The number of aryl methyl sites for hydroxylation is 1. The van der Waals surface area contributed by atoms with Gasteiger partial charge in [0.05, 0.1) is 10.6 Å². The zero-order chi connectivity index (χ0) is 25.1. The molecule has 1 saturated heterocycles. The summed E-state index contributed by atoms with van der Waals surface area (Å²) in [4.78, 5) is 2.97. The molecule has 1 saturated carbocycles. The van der Waals surface area contributed by atoms with E-state index in [0.29, 0.717) is 27.6 Å². The molecule has 0 unspecified atom stereocenters.